The average molecular weight is 344 g/mol. The standard InChI is InChI=1S/C22H33NO2/c1-3-5-6-7-8-12-18-25-22(24)21(16-13-17-23-4-2)19-20-14-10-9-11-15-20/h9-11,13-17,23H,3-8,12,18-19H2,1-2H3/b17-13-,21-16?. The number of esters is 1. The summed E-state index contributed by atoms with van der Waals surface area (Å²) in [4.78, 5) is 12.4. The normalized spacial score (nSPS) is 11.7. The van der Waals surface area contributed by atoms with Gasteiger partial charge in [-0.2, -0.15) is 0 Å². The Hall–Kier alpha value is -2.03. The van der Waals surface area contributed by atoms with E-state index < -0.39 is 0 Å². The molecule has 0 aliphatic rings. The number of nitrogens with one attached hydrogen (secondary N) is 1. The van der Waals surface area contributed by atoms with Gasteiger partial charge in [0, 0.05) is 18.5 Å². The van der Waals surface area contributed by atoms with Crippen LogP contribution in [0.5, 0.6) is 0 Å². The summed E-state index contributed by atoms with van der Waals surface area (Å²) in [6.45, 7) is 5.62. The maximum atomic E-state index is 12.4. The van der Waals surface area contributed by atoms with Crippen LogP contribution in [0.2, 0.25) is 0 Å². The van der Waals surface area contributed by atoms with E-state index in [1.165, 1.54) is 25.7 Å². The van der Waals surface area contributed by atoms with Crippen LogP contribution >= 0.6 is 0 Å². The Kier molecular flexibility index (Phi) is 12.0. The highest BCUT2D eigenvalue weighted by Crippen LogP contribution is 2.11. The van der Waals surface area contributed by atoms with Gasteiger partial charge in [-0.05, 0) is 31.2 Å². The molecule has 0 amide bonds. The summed E-state index contributed by atoms with van der Waals surface area (Å²) in [6, 6.07) is 10.0. The number of hydrogen-bond acceptors (Lipinski definition) is 3. The number of unbranched alkanes of at least 4 members (excludes halogenated alkanes) is 5. The average Bonchev–Trinajstić information content (AvgIpc) is 2.64. The lowest BCUT2D eigenvalue weighted by atomic mass is 10.0. The molecular formula is C22H33NO2. The lowest BCUT2D eigenvalue weighted by Gasteiger charge is -2.08. The van der Waals surface area contributed by atoms with Gasteiger partial charge in [-0.1, -0.05) is 75.4 Å². The Balaban J connectivity index is 2.48. The minimum absolute atomic E-state index is 0.210. The summed E-state index contributed by atoms with van der Waals surface area (Å²) in [6.07, 6.45) is 13.3. The van der Waals surface area contributed by atoms with Crippen molar-refractivity contribution in [1.29, 1.82) is 0 Å². The number of benzene rings is 1. The fourth-order valence-electron chi connectivity index (χ4n) is 2.51. The van der Waals surface area contributed by atoms with Crippen LogP contribution in [0.3, 0.4) is 0 Å². The second kappa shape index (κ2) is 14.3. The van der Waals surface area contributed by atoms with Crippen LogP contribution < -0.4 is 5.32 Å². The van der Waals surface area contributed by atoms with Crippen molar-refractivity contribution in [2.75, 3.05) is 13.2 Å². The molecule has 0 aliphatic heterocycles. The lowest BCUT2D eigenvalue weighted by Crippen LogP contribution is -2.11. The van der Waals surface area contributed by atoms with Gasteiger partial charge in [0.2, 0.25) is 0 Å². The molecule has 0 bridgehead atoms. The fourth-order valence-corrected chi connectivity index (χ4v) is 2.51. The van der Waals surface area contributed by atoms with Crippen molar-refractivity contribution in [1.82, 2.24) is 5.32 Å². The summed E-state index contributed by atoms with van der Waals surface area (Å²) in [5, 5.41) is 3.11. The third kappa shape index (κ3) is 10.4. The number of carbonyl (C=O) groups is 1. The minimum Gasteiger partial charge on any atom is -0.462 e. The van der Waals surface area contributed by atoms with Crippen LogP contribution in [0.15, 0.2) is 54.3 Å². The zero-order valence-electron chi connectivity index (χ0n) is 15.8. The molecule has 25 heavy (non-hydrogen) atoms. The van der Waals surface area contributed by atoms with E-state index in [4.69, 9.17) is 4.74 Å². The zero-order chi connectivity index (χ0) is 18.2. The van der Waals surface area contributed by atoms with Gasteiger partial charge < -0.3 is 10.1 Å². The molecule has 3 nitrogen and oxygen atoms in total. The Labute approximate surface area is 153 Å². The second-order valence-corrected chi connectivity index (χ2v) is 6.17. The number of hydrogen-bond donors (Lipinski definition) is 1. The highest BCUT2D eigenvalue weighted by molar-refractivity contribution is 5.89. The molecule has 0 atom stereocenters. The zero-order valence-corrected chi connectivity index (χ0v) is 15.8. The molecule has 0 saturated heterocycles. The van der Waals surface area contributed by atoms with Crippen LogP contribution in [0, 0.1) is 0 Å². The molecule has 3 heteroatoms. The van der Waals surface area contributed by atoms with E-state index in [9.17, 15) is 4.79 Å². The van der Waals surface area contributed by atoms with Gasteiger partial charge in [-0.25, -0.2) is 4.79 Å². The first-order valence-corrected chi connectivity index (χ1v) is 9.58. The Morgan fingerprint density at radius 2 is 1.76 bits per heavy atom. The molecule has 1 aromatic carbocycles. The van der Waals surface area contributed by atoms with Crippen molar-refractivity contribution >= 4 is 5.97 Å². The topological polar surface area (TPSA) is 38.3 Å². The van der Waals surface area contributed by atoms with Gasteiger partial charge in [0.05, 0.1) is 6.61 Å². The van der Waals surface area contributed by atoms with Crippen molar-refractivity contribution in [3.63, 3.8) is 0 Å². The predicted octanol–water partition coefficient (Wildman–Crippen LogP) is 5.18. The quantitative estimate of drug-likeness (QED) is 0.232. The van der Waals surface area contributed by atoms with Gasteiger partial charge in [0.15, 0.2) is 0 Å². The second-order valence-electron chi connectivity index (χ2n) is 6.17. The molecule has 1 N–H and O–H groups in total. The highest BCUT2D eigenvalue weighted by Gasteiger charge is 2.11. The molecule has 0 fully saturated rings. The highest BCUT2D eigenvalue weighted by atomic mass is 16.5. The Bertz CT molecular complexity index is 520. The summed E-state index contributed by atoms with van der Waals surface area (Å²) >= 11 is 0. The summed E-state index contributed by atoms with van der Waals surface area (Å²) in [5.74, 6) is -0.210. The van der Waals surface area contributed by atoms with Crippen LogP contribution in [0.4, 0.5) is 0 Å². The Morgan fingerprint density at radius 3 is 2.48 bits per heavy atom. The first-order valence-electron chi connectivity index (χ1n) is 9.58. The molecule has 0 aliphatic carbocycles. The third-order valence-electron chi connectivity index (χ3n) is 3.95. The van der Waals surface area contributed by atoms with Crippen molar-refractivity contribution in [3.8, 4) is 0 Å². The predicted molar refractivity (Wildman–Crippen MR) is 105 cm³/mol. The van der Waals surface area contributed by atoms with Gasteiger partial charge >= 0.3 is 5.97 Å². The third-order valence-corrected chi connectivity index (χ3v) is 3.95. The van der Waals surface area contributed by atoms with Crippen molar-refractivity contribution in [2.24, 2.45) is 0 Å². The van der Waals surface area contributed by atoms with E-state index in [1.807, 2.05) is 55.6 Å². The fraction of sp³-hybridized carbons (Fsp3) is 0.500. The number of ether oxygens (including phenoxy) is 1. The molecule has 1 aromatic rings. The van der Waals surface area contributed by atoms with Crippen LogP contribution in [-0.4, -0.2) is 19.1 Å². The summed E-state index contributed by atoms with van der Waals surface area (Å²) in [7, 11) is 0. The molecule has 0 aromatic heterocycles. The number of rotatable bonds is 13. The van der Waals surface area contributed by atoms with Gasteiger partial charge in [0.1, 0.15) is 0 Å². The molecule has 0 saturated carbocycles. The van der Waals surface area contributed by atoms with Gasteiger partial charge in [-0.3, -0.25) is 0 Å². The molecule has 0 heterocycles. The minimum atomic E-state index is -0.210. The molecular weight excluding hydrogens is 310 g/mol. The Morgan fingerprint density at radius 1 is 1.04 bits per heavy atom. The number of allylic oxidation sites excluding steroid dienone is 2. The molecule has 1 rings (SSSR count). The molecule has 0 unspecified atom stereocenters. The van der Waals surface area contributed by atoms with Crippen LogP contribution in [0.25, 0.3) is 0 Å². The first kappa shape index (κ1) is 21.0. The van der Waals surface area contributed by atoms with Gasteiger partial charge in [0.25, 0.3) is 0 Å². The smallest absolute Gasteiger partial charge is 0.334 e. The molecule has 0 spiro atoms. The molecule has 0 radical (unpaired) electrons. The van der Waals surface area contributed by atoms with Crippen LogP contribution in [0.1, 0.15) is 57.9 Å². The van der Waals surface area contributed by atoms with Crippen LogP contribution in [-0.2, 0) is 16.0 Å². The van der Waals surface area contributed by atoms with E-state index >= 15 is 0 Å². The van der Waals surface area contributed by atoms with Gasteiger partial charge in [-0.15, -0.1) is 0 Å². The van der Waals surface area contributed by atoms with Crippen molar-refractivity contribution in [3.05, 3.63) is 59.8 Å². The maximum absolute atomic E-state index is 12.4. The van der Waals surface area contributed by atoms with Crippen molar-refractivity contribution in [2.45, 2.75) is 58.8 Å². The maximum Gasteiger partial charge on any atom is 0.334 e. The molecule has 138 valence electrons. The lowest BCUT2D eigenvalue weighted by molar-refractivity contribution is -0.139. The number of carbonyl (C=O) groups excluding carboxylic acids is 1. The SMILES string of the molecule is CCCCCCCCOC(=O)C(=C/C=C\NCC)Cc1ccccc1. The van der Waals surface area contributed by atoms with E-state index in [-0.39, 0.29) is 5.97 Å². The van der Waals surface area contributed by atoms with E-state index in [0.29, 0.717) is 18.6 Å². The monoisotopic (exact) mass is 343 g/mol. The largest absolute Gasteiger partial charge is 0.462 e. The first-order chi connectivity index (χ1) is 12.3. The van der Waals surface area contributed by atoms with E-state index in [2.05, 4.69) is 12.2 Å². The van der Waals surface area contributed by atoms with E-state index in [0.717, 1.165) is 24.9 Å². The van der Waals surface area contributed by atoms with Crippen molar-refractivity contribution < 1.29 is 9.53 Å². The summed E-state index contributed by atoms with van der Waals surface area (Å²) < 4.78 is 5.48. The van der Waals surface area contributed by atoms with E-state index in [1.54, 1.807) is 0 Å². The summed E-state index contributed by atoms with van der Waals surface area (Å²) in [5.41, 5.74) is 1.80.